The Labute approximate surface area is 107 Å². The van der Waals surface area contributed by atoms with Gasteiger partial charge in [-0.1, -0.05) is 24.3 Å². The number of para-hydroxylation sites is 1. The van der Waals surface area contributed by atoms with Crippen LogP contribution in [0.15, 0.2) is 48.5 Å². The summed E-state index contributed by atoms with van der Waals surface area (Å²) in [5.74, 6) is 0.266. The van der Waals surface area contributed by atoms with Gasteiger partial charge in [0.15, 0.2) is 0 Å². The molecule has 0 heterocycles. The highest BCUT2D eigenvalue weighted by Crippen LogP contribution is 2.36. The summed E-state index contributed by atoms with van der Waals surface area (Å²) >= 11 is 0. The molecule has 0 bridgehead atoms. The molecule has 0 radical (unpaired) electrons. The van der Waals surface area contributed by atoms with Crippen LogP contribution in [0, 0.1) is 11.3 Å². The third-order valence-electron chi connectivity index (χ3n) is 2.41. The molecule has 5 heteroatoms. The Morgan fingerprint density at radius 3 is 2.21 bits per heavy atom. The predicted molar refractivity (Wildman–Crippen MR) is 62.7 cm³/mol. The van der Waals surface area contributed by atoms with Gasteiger partial charge in [-0.3, -0.25) is 0 Å². The first-order valence-corrected chi connectivity index (χ1v) is 5.35. The van der Waals surface area contributed by atoms with Crippen molar-refractivity contribution in [2.24, 2.45) is 0 Å². The Balaban J connectivity index is 2.45. The molecule has 0 saturated heterocycles. The quantitative estimate of drug-likeness (QED) is 0.806. The topological polar surface area (TPSA) is 33.0 Å². The van der Waals surface area contributed by atoms with Gasteiger partial charge >= 0.3 is 6.18 Å². The minimum absolute atomic E-state index is 0.108. The maximum atomic E-state index is 12.7. The van der Waals surface area contributed by atoms with Gasteiger partial charge in [0.25, 0.3) is 0 Å². The molecule has 0 aliphatic carbocycles. The summed E-state index contributed by atoms with van der Waals surface area (Å²) in [5, 5.41) is 8.91. The largest absolute Gasteiger partial charge is 0.456 e. The Morgan fingerprint density at radius 1 is 0.947 bits per heavy atom. The molecule has 2 aromatic rings. The highest BCUT2D eigenvalue weighted by molar-refractivity contribution is 5.51. The lowest BCUT2D eigenvalue weighted by Crippen LogP contribution is -2.08. The van der Waals surface area contributed by atoms with Crippen molar-refractivity contribution in [2.75, 3.05) is 0 Å². The van der Waals surface area contributed by atoms with Gasteiger partial charge < -0.3 is 4.74 Å². The lowest BCUT2D eigenvalue weighted by molar-refractivity contribution is -0.137. The van der Waals surface area contributed by atoms with Crippen LogP contribution < -0.4 is 4.74 Å². The summed E-state index contributed by atoms with van der Waals surface area (Å²) in [6, 6.07) is 13.3. The Hall–Kier alpha value is -2.48. The van der Waals surface area contributed by atoms with Crippen LogP contribution in [0.5, 0.6) is 11.5 Å². The van der Waals surface area contributed by atoms with Gasteiger partial charge in [0.2, 0.25) is 0 Å². The van der Waals surface area contributed by atoms with Crippen molar-refractivity contribution in [3.05, 3.63) is 59.7 Å². The van der Waals surface area contributed by atoms with Gasteiger partial charge in [-0.15, -0.1) is 0 Å². The van der Waals surface area contributed by atoms with Crippen molar-refractivity contribution in [1.82, 2.24) is 0 Å². The molecule has 2 aromatic carbocycles. The molecule has 19 heavy (non-hydrogen) atoms. The minimum atomic E-state index is -4.58. The minimum Gasteiger partial charge on any atom is -0.456 e. The summed E-state index contributed by atoms with van der Waals surface area (Å²) in [6.07, 6.45) is -4.58. The number of nitrogens with zero attached hydrogens (tertiary/aromatic N) is 1. The first-order chi connectivity index (χ1) is 9.02. The molecule has 0 aliphatic rings. The third kappa shape index (κ3) is 2.86. The normalized spacial score (nSPS) is 10.8. The number of ether oxygens (including phenoxy) is 1. The molecule has 0 spiro atoms. The van der Waals surface area contributed by atoms with Crippen LogP contribution >= 0.6 is 0 Å². The molecule has 0 atom stereocenters. The van der Waals surface area contributed by atoms with E-state index < -0.39 is 17.3 Å². The molecule has 2 rings (SSSR count). The Morgan fingerprint density at radius 2 is 1.63 bits per heavy atom. The second kappa shape index (κ2) is 5.02. The zero-order valence-corrected chi connectivity index (χ0v) is 9.61. The molecular formula is C14H8F3NO. The van der Waals surface area contributed by atoms with Crippen LogP contribution in [-0.4, -0.2) is 0 Å². The molecule has 0 N–H and O–H groups in total. The van der Waals surface area contributed by atoms with Crippen molar-refractivity contribution in [3.63, 3.8) is 0 Å². The van der Waals surface area contributed by atoms with E-state index in [9.17, 15) is 13.2 Å². The summed E-state index contributed by atoms with van der Waals surface area (Å²) in [4.78, 5) is 0. The van der Waals surface area contributed by atoms with Crippen molar-refractivity contribution in [2.45, 2.75) is 6.18 Å². The number of hydrogen-bond acceptors (Lipinski definition) is 2. The van der Waals surface area contributed by atoms with E-state index >= 15 is 0 Å². The van der Waals surface area contributed by atoms with Crippen molar-refractivity contribution in [3.8, 4) is 17.6 Å². The van der Waals surface area contributed by atoms with Crippen LogP contribution in [0.25, 0.3) is 0 Å². The zero-order valence-electron chi connectivity index (χ0n) is 9.61. The lowest BCUT2D eigenvalue weighted by atomic mass is 10.1. The number of halogens is 3. The molecular weight excluding hydrogens is 255 g/mol. The molecule has 0 fully saturated rings. The number of hydrogen-bond donors (Lipinski definition) is 0. The molecule has 2 nitrogen and oxygen atoms in total. The van der Waals surface area contributed by atoms with Crippen molar-refractivity contribution < 1.29 is 17.9 Å². The summed E-state index contributed by atoms with van der Waals surface area (Å²) in [7, 11) is 0. The fourth-order valence-electron chi connectivity index (χ4n) is 1.58. The van der Waals surface area contributed by atoms with E-state index in [4.69, 9.17) is 10.00 Å². The number of nitriles is 1. The first-order valence-electron chi connectivity index (χ1n) is 5.35. The van der Waals surface area contributed by atoms with Crippen LogP contribution in [-0.2, 0) is 6.18 Å². The van der Waals surface area contributed by atoms with E-state index in [2.05, 4.69) is 0 Å². The summed E-state index contributed by atoms with van der Waals surface area (Å²) < 4.78 is 43.6. The van der Waals surface area contributed by atoms with E-state index in [0.717, 1.165) is 6.07 Å². The van der Waals surface area contributed by atoms with E-state index in [0.29, 0.717) is 5.75 Å². The summed E-state index contributed by atoms with van der Waals surface area (Å²) in [5.41, 5.74) is -1.51. The molecule has 0 amide bonds. The fraction of sp³-hybridized carbons (Fsp3) is 0.0714. The Bertz CT molecular complexity index is 615. The van der Waals surface area contributed by atoms with E-state index in [-0.39, 0.29) is 5.75 Å². The van der Waals surface area contributed by atoms with Crippen LogP contribution in [0.1, 0.15) is 11.1 Å². The van der Waals surface area contributed by atoms with Crippen molar-refractivity contribution >= 4 is 0 Å². The monoisotopic (exact) mass is 263 g/mol. The molecule has 0 saturated carbocycles. The Kier molecular flexibility index (Phi) is 3.43. The number of benzene rings is 2. The number of rotatable bonds is 2. The average Bonchev–Trinajstić information content (AvgIpc) is 2.38. The summed E-state index contributed by atoms with van der Waals surface area (Å²) in [6.45, 7) is 0. The van der Waals surface area contributed by atoms with Gasteiger partial charge in [-0.25, -0.2) is 0 Å². The van der Waals surface area contributed by atoms with Gasteiger partial charge in [0.05, 0.1) is 5.56 Å². The number of alkyl halides is 3. The smallest absolute Gasteiger partial charge is 0.417 e. The van der Waals surface area contributed by atoms with Gasteiger partial charge in [-0.2, -0.15) is 18.4 Å². The van der Waals surface area contributed by atoms with Crippen LogP contribution in [0.4, 0.5) is 13.2 Å². The highest BCUT2D eigenvalue weighted by Gasteiger charge is 2.34. The lowest BCUT2D eigenvalue weighted by Gasteiger charge is -2.12. The molecule has 0 unspecified atom stereocenters. The van der Waals surface area contributed by atoms with E-state index in [1.165, 1.54) is 12.1 Å². The van der Waals surface area contributed by atoms with Crippen molar-refractivity contribution in [1.29, 1.82) is 5.26 Å². The molecule has 0 aromatic heterocycles. The highest BCUT2D eigenvalue weighted by atomic mass is 19.4. The van der Waals surface area contributed by atoms with Gasteiger partial charge in [-0.05, 0) is 24.3 Å². The third-order valence-corrected chi connectivity index (χ3v) is 2.41. The van der Waals surface area contributed by atoms with Gasteiger partial charge in [0, 0.05) is 0 Å². The zero-order chi connectivity index (χ0) is 13.9. The van der Waals surface area contributed by atoms with Crippen LogP contribution in [0.3, 0.4) is 0 Å². The maximum absolute atomic E-state index is 12.7. The molecule has 0 aliphatic heterocycles. The second-order valence-electron chi connectivity index (χ2n) is 3.70. The van der Waals surface area contributed by atoms with Gasteiger partial charge in [0.1, 0.15) is 23.1 Å². The SMILES string of the molecule is N#Cc1c(Oc2ccccc2)cccc1C(F)(F)F. The van der Waals surface area contributed by atoms with E-state index in [1.807, 2.05) is 0 Å². The standard InChI is InChI=1S/C14H8F3NO/c15-14(16,17)12-7-4-8-13(11(12)9-18)19-10-5-2-1-3-6-10/h1-8H. The predicted octanol–water partition coefficient (Wildman–Crippen LogP) is 4.37. The maximum Gasteiger partial charge on any atom is 0.417 e. The fourth-order valence-corrected chi connectivity index (χ4v) is 1.58. The molecule has 96 valence electrons. The average molecular weight is 263 g/mol. The first kappa shape index (κ1) is 13.0. The second-order valence-corrected chi connectivity index (χ2v) is 3.70. The van der Waals surface area contributed by atoms with Crippen LogP contribution in [0.2, 0.25) is 0 Å². The van der Waals surface area contributed by atoms with E-state index in [1.54, 1.807) is 36.4 Å².